The Labute approximate surface area is 151 Å². The van der Waals surface area contributed by atoms with Crippen molar-refractivity contribution in [2.75, 3.05) is 18.9 Å². The molecule has 2 heterocycles. The van der Waals surface area contributed by atoms with E-state index in [1.165, 1.54) is 32.4 Å². The first-order valence-corrected chi connectivity index (χ1v) is 10.6. The molecule has 0 aromatic carbocycles. The molecule has 25 heavy (non-hydrogen) atoms. The average molecular weight is 383 g/mol. The summed E-state index contributed by atoms with van der Waals surface area (Å²) in [5, 5.41) is 8.83. The second kappa shape index (κ2) is 7.67. The number of nitrogens with one attached hydrogen (secondary N) is 1. The van der Waals surface area contributed by atoms with Crippen molar-refractivity contribution < 1.29 is 13.2 Å². The molecular weight excluding hydrogens is 360 g/mol. The van der Waals surface area contributed by atoms with E-state index in [9.17, 15) is 13.2 Å². The van der Waals surface area contributed by atoms with Gasteiger partial charge in [-0.3, -0.25) is 4.79 Å². The number of hydrogen-bond donors (Lipinski definition) is 1. The fraction of sp³-hybridized carbons (Fsp3) is 0.500. The lowest BCUT2D eigenvalue weighted by atomic mass is 9.96. The smallest absolute Gasteiger partial charge is 0.252 e. The summed E-state index contributed by atoms with van der Waals surface area (Å²) in [4.78, 5) is 12.3. The molecule has 1 aliphatic carbocycles. The normalized spacial score (nSPS) is 16.2. The Morgan fingerprint density at radius 3 is 2.80 bits per heavy atom. The predicted molar refractivity (Wildman–Crippen MR) is 97.1 cm³/mol. The average Bonchev–Trinajstić information content (AvgIpc) is 3.27. The minimum atomic E-state index is -3.63. The number of likely N-dealkylation sites (N-methyl/N-ethyl adjacent to an activating group) is 1. The summed E-state index contributed by atoms with van der Waals surface area (Å²) in [6, 6.07) is 5.26. The SMILES string of the molecule is CN(CC(=O)Nc1ccnn1C1CCCCC1)S(=O)(=O)c1cccs1. The van der Waals surface area contributed by atoms with Crippen molar-refractivity contribution in [3.05, 3.63) is 29.8 Å². The second-order valence-corrected chi connectivity index (χ2v) is 9.41. The zero-order valence-electron chi connectivity index (χ0n) is 14.1. The molecule has 7 nitrogen and oxygen atoms in total. The van der Waals surface area contributed by atoms with Crippen LogP contribution in [0.5, 0.6) is 0 Å². The molecular formula is C16H22N4O3S2. The van der Waals surface area contributed by atoms with Crippen LogP contribution in [0.2, 0.25) is 0 Å². The van der Waals surface area contributed by atoms with Crippen molar-refractivity contribution in [3.8, 4) is 0 Å². The number of carbonyl (C=O) groups excluding carboxylic acids is 1. The monoisotopic (exact) mass is 382 g/mol. The number of sulfonamides is 1. The number of anilines is 1. The van der Waals surface area contributed by atoms with E-state index in [1.807, 2.05) is 4.68 Å². The molecule has 0 spiro atoms. The Hall–Kier alpha value is -1.71. The van der Waals surface area contributed by atoms with Crippen molar-refractivity contribution in [2.45, 2.75) is 42.4 Å². The molecule has 0 radical (unpaired) electrons. The van der Waals surface area contributed by atoms with Crippen LogP contribution in [0, 0.1) is 0 Å². The van der Waals surface area contributed by atoms with Crippen LogP contribution in [0.25, 0.3) is 0 Å². The van der Waals surface area contributed by atoms with E-state index >= 15 is 0 Å². The summed E-state index contributed by atoms with van der Waals surface area (Å²) >= 11 is 1.14. The van der Waals surface area contributed by atoms with Crippen molar-refractivity contribution in [1.82, 2.24) is 14.1 Å². The van der Waals surface area contributed by atoms with Crippen LogP contribution in [-0.4, -0.2) is 42.0 Å². The Morgan fingerprint density at radius 2 is 2.12 bits per heavy atom. The van der Waals surface area contributed by atoms with E-state index in [0.29, 0.717) is 11.9 Å². The first-order valence-electron chi connectivity index (χ1n) is 8.31. The molecule has 0 bridgehead atoms. The maximum absolute atomic E-state index is 12.4. The van der Waals surface area contributed by atoms with Gasteiger partial charge in [-0.2, -0.15) is 9.40 Å². The summed E-state index contributed by atoms with van der Waals surface area (Å²) in [5.74, 6) is 0.249. The molecule has 0 aliphatic heterocycles. The first kappa shape index (κ1) is 18.1. The van der Waals surface area contributed by atoms with Gasteiger partial charge in [-0.05, 0) is 24.3 Å². The van der Waals surface area contributed by atoms with Crippen molar-refractivity contribution in [2.24, 2.45) is 0 Å². The Kier molecular flexibility index (Phi) is 5.55. The van der Waals surface area contributed by atoms with Crippen LogP contribution < -0.4 is 5.32 Å². The number of nitrogens with zero attached hydrogens (tertiary/aromatic N) is 3. The van der Waals surface area contributed by atoms with Crippen LogP contribution in [0.3, 0.4) is 0 Å². The zero-order chi connectivity index (χ0) is 17.9. The maximum atomic E-state index is 12.4. The summed E-state index contributed by atoms with van der Waals surface area (Å²) < 4.78 is 27.9. The minimum Gasteiger partial charge on any atom is -0.310 e. The fourth-order valence-electron chi connectivity index (χ4n) is 3.06. The molecule has 2 aromatic heterocycles. The molecule has 2 aromatic rings. The van der Waals surface area contributed by atoms with E-state index in [2.05, 4.69) is 10.4 Å². The third-order valence-electron chi connectivity index (χ3n) is 4.38. The Balaban J connectivity index is 1.64. The number of aromatic nitrogens is 2. The van der Waals surface area contributed by atoms with Crippen molar-refractivity contribution in [3.63, 3.8) is 0 Å². The Bertz CT molecular complexity index is 808. The molecule has 0 saturated heterocycles. The number of hydrogen-bond acceptors (Lipinski definition) is 5. The highest BCUT2D eigenvalue weighted by Gasteiger charge is 2.25. The highest BCUT2D eigenvalue weighted by molar-refractivity contribution is 7.91. The van der Waals surface area contributed by atoms with Crippen molar-refractivity contribution in [1.29, 1.82) is 0 Å². The van der Waals surface area contributed by atoms with Gasteiger partial charge in [-0.1, -0.05) is 25.3 Å². The van der Waals surface area contributed by atoms with E-state index in [0.717, 1.165) is 28.5 Å². The van der Waals surface area contributed by atoms with E-state index in [1.54, 1.807) is 23.7 Å². The molecule has 1 aliphatic rings. The topological polar surface area (TPSA) is 84.3 Å². The third kappa shape index (κ3) is 4.10. The number of carbonyl (C=O) groups is 1. The lowest BCUT2D eigenvalue weighted by Gasteiger charge is -2.24. The van der Waals surface area contributed by atoms with Crippen LogP contribution in [0.4, 0.5) is 5.82 Å². The summed E-state index contributed by atoms with van der Waals surface area (Å²) in [7, 11) is -2.22. The Morgan fingerprint density at radius 1 is 1.36 bits per heavy atom. The highest BCUT2D eigenvalue weighted by Crippen LogP contribution is 2.30. The third-order valence-corrected chi connectivity index (χ3v) is 7.56. The van der Waals surface area contributed by atoms with Gasteiger partial charge in [-0.15, -0.1) is 11.3 Å². The highest BCUT2D eigenvalue weighted by atomic mass is 32.2. The minimum absolute atomic E-state index is 0.232. The van der Waals surface area contributed by atoms with Gasteiger partial charge >= 0.3 is 0 Å². The van der Waals surface area contributed by atoms with E-state index < -0.39 is 10.0 Å². The maximum Gasteiger partial charge on any atom is 0.252 e. The fourth-order valence-corrected chi connectivity index (χ4v) is 5.39. The molecule has 3 rings (SSSR count). The van der Waals surface area contributed by atoms with Gasteiger partial charge in [0.2, 0.25) is 5.91 Å². The van der Waals surface area contributed by atoms with E-state index in [-0.39, 0.29) is 16.7 Å². The molecule has 0 atom stereocenters. The number of rotatable bonds is 6. The summed E-state index contributed by atoms with van der Waals surface area (Å²) in [6.07, 6.45) is 7.34. The van der Waals surface area contributed by atoms with Gasteiger partial charge < -0.3 is 5.32 Å². The molecule has 1 saturated carbocycles. The summed E-state index contributed by atoms with van der Waals surface area (Å²) in [5.41, 5.74) is 0. The van der Waals surface area contributed by atoms with Gasteiger partial charge in [0.25, 0.3) is 10.0 Å². The summed E-state index contributed by atoms with van der Waals surface area (Å²) in [6.45, 7) is -0.240. The largest absolute Gasteiger partial charge is 0.310 e. The number of thiophene rings is 1. The molecule has 9 heteroatoms. The zero-order valence-corrected chi connectivity index (χ0v) is 15.7. The molecule has 136 valence electrons. The standard InChI is InChI=1S/C16H22N4O3S2/c1-19(25(22,23)16-8-5-11-24-16)12-15(21)18-14-9-10-17-20(14)13-6-3-2-4-7-13/h5,8-11,13H,2-4,6-7,12H2,1H3,(H,18,21). The second-order valence-electron chi connectivity index (χ2n) is 6.19. The van der Waals surface area contributed by atoms with Gasteiger partial charge in [0.05, 0.1) is 18.8 Å². The van der Waals surface area contributed by atoms with Gasteiger partial charge in [0.1, 0.15) is 10.0 Å². The van der Waals surface area contributed by atoms with Gasteiger partial charge in [0, 0.05) is 13.1 Å². The predicted octanol–water partition coefficient (Wildman–Crippen LogP) is 2.71. The van der Waals surface area contributed by atoms with Crippen LogP contribution in [-0.2, 0) is 14.8 Å². The van der Waals surface area contributed by atoms with Crippen molar-refractivity contribution >= 4 is 33.1 Å². The lowest BCUT2D eigenvalue weighted by Crippen LogP contribution is -2.35. The molecule has 1 amide bonds. The lowest BCUT2D eigenvalue weighted by molar-refractivity contribution is -0.116. The van der Waals surface area contributed by atoms with Gasteiger partial charge in [0.15, 0.2) is 0 Å². The van der Waals surface area contributed by atoms with Crippen LogP contribution >= 0.6 is 11.3 Å². The van der Waals surface area contributed by atoms with Crippen LogP contribution in [0.15, 0.2) is 34.0 Å². The first-order chi connectivity index (χ1) is 12.0. The quantitative estimate of drug-likeness (QED) is 0.832. The van der Waals surface area contributed by atoms with Gasteiger partial charge in [-0.25, -0.2) is 13.1 Å². The molecule has 1 N–H and O–H groups in total. The van der Waals surface area contributed by atoms with Crippen LogP contribution in [0.1, 0.15) is 38.1 Å². The molecule has 0 unspecified atom stereocenters. The number of amides is 1. The van der Waals surface area contributed by atoms with E-state index in [4.69, 9.17) is 0 Å². The molecule has 1 fully saturated rings.